The van der Waals surface area contributed by atoms with Gasteiger partial charge >= 0.3 is 17.4 Å². The number of nitrogens with zero attached hydrogens (tertiary/aromatic N) is 4. The van der Waals surface area contributed by atoms with E-state index < -0.39 is 0 Å². The SMILES string of the molecule is CCCCCCC(C)CCN=N[c-]1cccc1.CCCCCCC(C)CCN=N[c-]1cccc1.[Cr+2]. The van der Waals surface area contributed by atoms with E-state index in [9.17, 15) is 0 Å². The van der Waals surface area contributed by atoms with E-state index >= 15 is 0 Å². The van der Waals surface area contributed by atoms with Gasteiger partial charge in [0.1, 0.15) is 0 Å². The van der Waals surface area contributed by atoms with Gasteiger partial charge in [-0.3, -0.25) is 0 Å². The van der Waals surface area contributed by atoms with Crippen LogP contribution in [0.1, 0.15) is 105 Å². The predicted molar refractivity (Wildman–Crippen MR) is 148 cm³/mol. The van der Waals surface area contributed by atoms with Crippen molar-refractivity contribution in [3.63, 3.8) is 0 Å². The number of hydrogen-bond donors (Lipinski definition) is 0. The Morgan fingerprint density at radius 3 is 1.26 bits per heavy atom. The second kappa shape index (κ2) is 24.1. The van der Waals surface area contributed by atoms with E-state index in [0.29, 0.717) is 0 Å². The minimum Gasteiger partial charge on any atom is -0.223 e. The molecule has 0 aromatic heterocycles. The van der Waals surface area contributed by atoms with Crippen molar-refractivity contribution in [3.05, 3.63) is 48.5 Å². The number of rotatable bonds is 18. The summed E-state index contributed by atoms with van der Waals surface area (Å²) in [6.07, 6.45) is 15.9. The predicted octanol–water partition coefficient (Wildman–Crippen LogP) is 11.0. The van der Waals surface area contributed by atoms with Crippen LogP contribution < -0.4 is 0 Å². The molecule has 2 rings (SSSR count). The van der Waals surface area contributed by atoms with Crippen LogP contribution in [-0.4, -0.2) is 13.1 Å². The quantitative estimate of drug-likeness (QED) is 0.107. The summed E-state index contributed by atoms with van der Waals surface area (Å²) in [6, 6.07) is 15.9. The minimum absolute atomic E-state index is 0. The number of hydrogen-bond acceptors (Lipinski definition) is 4. The van der Waals surface area contributed by atoms with Crippen LogP contribution >= 0.6 is 0 Å². The Morgan fingerprint density at radius 2 is 0.914 bits per heavy atom. The second-order valence-electron chi connectivity index (χ2n) is 9.70. The fraction of sp³-hybridized carbons (Fsp3) is 0.667. The maximum Gasteiger partial charge on any atom is 2.00 e. The molecular weight excluding hydrogens is 468 g/mol. The Bertz CT molecular complexity index is 645. The molecule has 0 heterocycles. The summed E-state index contributed by atoms with van der Waals surface area (Å²) in [4.78, 5) is 0. The summed E-state index contributed by atoms with van der Waals surface area (Å²) in [6.45, 7) is 10.9. The van der Waals surface area contributed by atoms with E-state index in [0.717, 1.165) is 49.1 Å². The zero-order chi connectivity index (χ0) is 24.7. The molecule has 2 atom stereocenters. The van der Waals surface area contributed by atoms with Crippen LogP contribution in [0, 0.1) is 11.8 Å². The molecule has 0 fully saturated rings. The molecular formula is C30H50CrN4. The van der Waals surface area contributed by atoms with Gasteiger partial charge in [0.2, 0.25) is 0 Å². The van der Waals surface area contributed by atoms with Gasteiger partial charge in [-0.15, -0.1) is 0 Å². The molecule has 2 aromatic carbocycles. The molecule has 0 bridgehead atoms. The van der Waals surface area contributed by atoms with Gasteiger partial charge < -0.3 is 0 Å². The van der Waals surface area contributed by atoms with Crippen molar-refractivity contribution in [2.24, 2.45) is 32.3 Å². The molecule has 0 spiro atoms. The zero-order valence-electron chi connectivity index (χ0n) is 22.9. The van der Waals surface area contributed by atoms with Crippen molar-refractivity contribution < 1.29 is 17.4 Å². The van der Waals surface area contributed by atoms with Gasteiger partial charge in [0.05, 0.1) is 13.1 Å². The fourth-order valence-corrected chi connectivity index (χ4v) is 3.81. The Balaban J connectivity index is 0.000000642. The average molecular weight is 519 g/mol. The molecule has 0 aliphatic rings. The first-order chi connectivity index (χ1) is 16.7. The Labute approximate surface area is 227 Å². The van der Waals surface area contributed by atoms with E-state index in [1.54, 1.807) is 0 Å². The van der Waals surface area contributed by atoms with Crippen LogP contribution in [-0.2, 0) is 17.4 Å². The van der Waals surface area contributed by atoms with Crippen LogP contribution in [0.25, 0.3) is 0 Å². The van der Waals surface area contributed by atoms with E-state index in [4.69, 9.17) is 0 Å². The van der Waals surface area contributed by atoms with Gasteiger partial charge in [-0.1, -0.05) is 91.9 Å². The summed E-state index contributed by atoms with van der Waals surface area (Å²) in [5, 5.41) is 16.8. The Kier molecular flexibility index (Phi) is 23.1. The molecule has 0 saturated carbocycles. The summed E-state index contributed by atoms with van der Waals surface area (Å²) < 4.78 is 0. The first-order valence-corrected chi connectivity index (χ1v) is 13.8. The topological polar surface area (TPSA) is 49.4 Å². The third-order valence-corrected chi connectivity index (χ3v) is 6.21. The standard InChI is InChI=1S/2C15H25N2.Cr/c2*1-3-4-5-6-9-14(2)12-13-16-17-15-10-7-8-11-15;/h2*7-8,10-11,14H,3-6,9,12-13H2,1-2H3;/q2*-1;+2. The minimum atomic E-state index is 0. The van der Waals surface area contributed by atoms with Gasteiger partial charge in [0, 0.05) is 0 Å². The molecule has 5 heteroatoms. The third-order valence-electron chi connectivity index (χ3n) is 6.21. The van der Waals surface area contributed by atoms with Crippen molar-refractivity contribution in [1.82, 2.24) is 0 Å². The van der Waals surface area contributed by atoms with Gasteiger partial charge in [0.15, 0.2) is 0 Å². The molecule has 0 aliphatic heterocycles. The molecule has 4 nitrogen and oxygen atoms in total. The summed E-state index contributed by atoms with van der Waals surface area (Å²) in [5.74, 6) is 1.57. The monoisotopic (exact) mass is 518 g/mol. The molecule has 0 aliphatic carbocycles. The second-order valence-corrected chi connectivity index (χ2v) is 9.70. The van der Waals surface area contributed by atoms with Crippen LogP contribution in [0.15, 0.2) is 69.0 Å². The average Bonchev–Trinajstić information content (AvgIpc) is 3.55. The van der Waals surface area contributed by atoms with Crippen molar-refractivity contribution in [2.75, 3.05) is 13.1 Å². The molecule has 2 unspecified atom stereocenters. The number of unbranched alkanes of at least 4 members (excludes halogenated alkanes) is 6. The third kappa shape index (κ3) is 20.3. The summed E-state index contributed by atoms with van der Waals surface area (Å²) >= 11 is 0. The van der Waals surface area contributed by atoms with Gasteiger partial charge in [-0.2, -0.15) is 24.3 Å². The fourth-order valence-electron chi connectivity index (χ4n) is 3.81. The van der Waals surface area contributed by atoms with E-state index in [2.05, 4.69) is 48.2 Å². The first kappa shape index (κ1) is 33.4. The van der Waals surface area contributed by atoms with E-state index in [1.807, 2.05) is 48.5 Å². The van der Waals surface area contributed by atoms with E-state index in [-0.39, 0.29) is 17.4 Å². The molecule has 0 amide bonds. The van der Waals surface area contributed by atoms with Crippen molar-refractivity contribution in [2.45, 2.75) is 105 Å². The first-order valence-electron chi connectivity index (χ1n) is 13.8. The van der Waals surface area contributed by atoms with Crippen LogP contribution in [0.5, 0.6) is 0 Å². The Morgan fingerprint density at radius 1 is 0.543 bits per heavy atom. The van der Waals surface area contributed by atoms with Crippen LogP contribution in [0.2, 0.25) is 0 Å². The normalized spacial score (nSPS) is 12.9. The van der Waals surface area contributed by atoms with Gasteiger partial charge in [0.25, 0.3) is 0 Å². The molecule has 0 saturated heterocycles. The summed E-state index contributed by atoms with van der Waals surface area (Å²) in [7, 11) is 0. The maximum absolute atomic E-state index is 4.22. The maximum atomic E-state index is 4.22. The zero-order valence-corrected chi connectivity index (χ0v) is 24.1. The molecule has 0 radical (unpaired) electrons. The largest absolute Gasteiger partial charge is 2.00 e. The molecule has 2 aromatic rings. The molecule has 196 valence electrons. The van der Waals surface area contributed by atoms with Crippen molar-refractivity contribution in [3.8, 4) is 0 Å². The Hall–Kier alpha value is -1.57. The van der Waals surface area contributed by atoms with Crippen molar-refractivity contribution >= 4 is 11.4 Å². The van der Waals surface area contributed by atoms with Crippen LogP contribution in [0.3, 0.4) is 0 Å². The van der Waals surface area contributed by atoms with E-state index in [1.165, 1.54) is 64.2 Å². The number of azo groups is 2. The molecule has 35 heavy (non-hydrogen) atoms. The molecule has 0 N–H and O–H groups in total. The van der Waals surface area contributed by atoms with Crippen LogP contribution in [0.4, 0.5) is 11.4 Å². The summed E-state index contributed by atoms with van der Waals surface area (Å²) in [5.41, 5.74) is 1.95. The van der Waals surface area contributed by atoms with Gasteiger partial charge in [-0.25, -0.2) is 44.7 Å². The van der Waals surface area contributed by atoms with Gasteiger partial charge in [-0.05, 0) is 36.1 Å². The van der Waals surface area contributed by atoms with Crippen molar-refractivity contribution in [1.29, 1.82) is 0 Å². The smallest absolute Gasteiger partial charge is 0.223 e.